The highest BCUT2D eigenvalue weighted by molar-refractivity contribution is 5.96. The van der Waals surface area contributed by atoms with Crippen LogP contribution in [0, 0.1) is 12.7 Å². The van der Waals surface area contributed by atoms with Crippen LogP contribution in [0.4, 0.5) is 4.39 Å². The lowest BCUT2D eigenvalue weighted by Gasteiger charge is -1.98. The van der Waals surface area contributed by atoms with Crippen LogP contribution in [0.3, 0.4) is 0 Å². The first-order valence-corrected chi connectivity index (χ1v) is 5.87. The van der Waals surface area contributed by atoms with Gasteiger partial charge in [-0.1, -0.05) is 6.08 Å². The molecule has 2 rings (SSSR count). The molecule has 19 heavy (non-hydrogen) atoms. The molecule has 1 amide bonds. The second-order valence-electron chi connectivity index (χ2n) is 4.09. The average molecular weight is 259 g/mol. The Balaban J connectivity index is 2.27. The smallest absolute Gasteiger partial charge is 0.255 e. The minimum absolute atomic E-state index is 0.213. The number of hydrogen-bond donors (Lipinski definition) is 1. The number of carbonyl (C=O) groups is 1. The van der Waals surface area contributed by atoms with E-state index in [9.17, 15) is 9.18 Å². The number of carbonyl (C=O) groups excluding carboxylic acids is 1. The number of hydrogen-bond acceptors (Lipinski definition) is 2. The Hall–Kier alpha value is -2.36. The zero-order chi connectivity index (χ0) is 13.8. The Bertz CT molecular complexity index is 599. The molecule has 0 saturated heterocycles. The number of benzene rings is 1. The van der Waals surface area contributed by atoms with Gasteiger partial charge >= 0.3 is 0 Å². The quantitative estimate of drug-likeness (QED) is 0.856. The summed E-state index contributed by atoms with van der Waals surface area (Å²) in [7, 11) is 0. The van der Waals surface area contributed by atoms with Gasteiger partial charge in [0.25, 0.3) is 5.91 Å². The third-order valence-electron chi connectivity index (χ3n) is 2.70. The maximum Gasteiger partial charge on any atom is 0.255 e. The van der Waals surface area contributed by atoms with Crippen LogP contribution in [0.15, 0.2) is 47.4 Å². The summed E-state index contributed by atoms with van der Waals surface area (Å²) in [4.78, 5) is 11.8. The van der Waals surface area contributed by atoms with Crippen LogP contribution in [0.25, 0.3) is 11.3 Å². The van der Waals surface area contributed by atoms with Crippen molar-refractivity contribution in [3.05, 3.63) is 60.1 Å². The molecule has 0 aliphatic carbocycles. The molecule has 0 spiro atoms. The highest BCUT2D eigenvalue weighted by Gasteiger charge is 2.15. The van der Waals surface area contributed by atoms with Crippen molar-refractivity contribution >= 4 is 5.91 Å². The summed E-state index contributed by atoms with van der Waals surface area (Å²) >= 11 is 0. The molecule has 1 aromatic carbocycles. The van der Waals surface area contributed by atoms with Gasteiger partial charge in [0.05, 0.1) is 5.56 Å². The fourth-order valence-electron chi connectivity index (χ4n) is 1.72. The number of furan rings is 1. The first-order valence-electron chi connectivity index (χ1n) is 5.87. The molecule has 1 heterocycles. The van der Waals surface area contributed by atoms with Crippen molar-refractivity contribution in [3.8, 4) is 11.3 Å². The normalized spacial score (nSPS) is 10.2. The lowest BCUT2D eigenvalue weighted by molar-refractivity contribution is 0.0956. The van der Waals surface area contributed by atoms with Gasteiger partial charge < -0.3 is 9.73 Å². The van der Waals surface area contributed by atoms with Crippen molar-refractivity contribution in [2.45, 2.75) is 6.92 Å². The average Bonchev–Trinajstić information content (AvgIpc) is 2.79. The zero-order valence-corrected chi connectivity index (χ0v) is 10.6. The Morgan fingerprint density at radius 2 is 2.11 bits per heavy atom. The Morgan fingerprint density at radius 3 is 2.74 bits per heavy atom. The number of nitrogens with one attached hydrogen (secondary N) is 1. The maximum atomic E-state index is 12.9. The fourth-order valence-corrected chi connectivity index (χ4v) is 1.72. The molecular weight excluding hydrogens is 245 g/mol. The Morgan fingerprint density at radius 1 is 1.42 bits per heavy atom. The molecule has 1 aromatic heterocycles. The van der Waals surface area contributed by atoms with E-state index in [1.54, 1.807) is 31.2 Å². The summed E-state index contributed by atoms with van der Waals surface area (Å²) in [6, 6.07) is 7.58. The fraction of sp³-hybridized carbons (Fsp3) is 0.133. The molecule has 98 valence electrons. The van der Waals surface area contributed by atoms with E-state index in [0.717, 1.165) is 5.56 Å². The van der Waals surface area contributed by atoms with E-state index in [0.29, 0.717) is 23.6 Å². The van der Waals surface area contributed by atoms with E-state index in [4.69, 9.17) is 4.42 Å². The van der Waals surface area contributed by atoms with E-state index in [-0.39, 0.29) is 11.7 Å². The highest BCUT2D eigenvalue weighted by Crippen LogP contribution is 2.25. The first-order chi connectivity index (χ1) is 9.11. The maximum absolute atomic E-state index is 12.9. The molecule has 0 radical (unpaired) electrons. The topological polar surface area (TPSA) is 42.2 Å². The number of halogens is 1. The monoisotopic (exact) mass is 259 g/mol. The molecule has 0 aliphatic heterocycles. The molecule has 0 fully saturated rings. The molecule has 0 unspecified atom stereocenters. The van der Waals surface area contributed by atoms with Crippen molar-refractivity contribution in [1.29, 1.82) is 0 Å². The van der Waals surface area contributed by atoms with Crippen molar-refractivity contribution in [2.24, 2.45) is 0 Å². The van der Waals surface area contributed by atoms with Crippen molar-refractivity contribution in [3.63, 3.8) is 0 Å². The number of aryl methyl sites for hydroxylation is 1. The zero-order valence-electron chi connectivity index (χ0n) is 10.6. The van der Waals surface area contributed by atoms with E-state index < -0.39 is 0 Å². The van der Waals surface area contributed by atoms with Crippen LogP contribution in [0.1, 0.15) is 16.1 Å². The van der Waals surface area contributed by atoms with Gasteiger partial charge in [0.1, 0.15) is 17.3 Å². The van der Waals surface area contributed by atoms with Gasteiger partial charge in [0, 0.05) is 12.1 Å². The predicted octanol–water partition coefficient (Wildman–Crippen LogP) is 3.31. The van der Waals surface area contributed by atoms with Gasteiger partial charge in [-0.15, -0.1) is 6.58 Å². The summed E-state index contributed by atoms with van der Waals surface area (Å²) in [5, 5.41) is 2.69. The molecule has 0 bridgehead atoms. The third-order valence-corrected chi connectivity index (χ3v) is 2.70. The SMILES string of the molecule is C=CCNC(=O)c1cc(-c2ccc(F)cc2)oc1C. The molecule has 4 heteroatoms. The standard InChI is InChI=1S/C15H14FNO2/c1-3-8-17-15(18)13-9-14(19-10(13)2)11-4-6-12(16)7-5-11/h3-7,9H,1,8H2,2H3,(H,17,18). The van der Waals surface area contributed by atoms with E-state index in [1.807, 2.05) is 0 Å². The molecular formula is C15H14FNO2. The second kappa shape index (κ2) is 5.52. The number of amides is 1. The van der Waals surface area contributed by atoms with Crippen molar-refractivity contribution < 1.29 is 13.6 Å². The molecule has 3 nitrogen and oxygen atoms in total. The van der Waals surface area contributed by atoms with Gasteiger partial charge in [-0.25, -0.2) is 4.39 Å². The third kappa shape index (κ3) is 2.91. The molecule has 0 aliphatic rings. The van der Waals surface area contributed by atoms with Crippen LogP contribution >= 0.6 is 0 Å². The van der Waals surface area contributed by atoms with Gasteiger partial charge in [-0.2, -0.15) is 0 Å². The summed E-state index contributed by atoms with van der Waals surface area (Å²) < 4.78 is 18.4. The summed E-state index contributed by atoms with van der Waals surface area (Å²) in [6.07, 6.45) is 1.61. The van der Waals surface area contributed by atoms with Gasteiger partial charge in [-0.3, -0.25) is 4.79 Å². The van der Waals surface area contributed by atoms with Crippen molar-refractivity contribution in [2.75, 3.05) is 6.54 Å². The summed E-state index contributed by atoms with van der Waals surface area (Å²) in [5.41, 5.74) is 1.20. The van der Waals surface area contributed by atoms with Crippen LogP contribution in [0.2, 0.25) is 0 Å². The summed E-state index contributed by atoms with van der Waals surface area (Å²) in [5.74, 6) is 0.549. The van der Waals surface area contributed by atoms with Crippen LogP contribution in [-0.2, 0) is 0 Å². The Kier molecular flexibility index (Phi) is 3.80. The van der Waals surface area contributed by atoms with E-state index in [1.165, 1.54) is 12.1 Å². The van der Waals surface area contributed by atoms with E-state index in [2.05, 4.69) is 11.9 Å². The number of rotatable bonds is 4. The lowest BCUT2D eigenvalue weighted by atomic mass is 10.1. The predicted molar refractivity (Wildman–Crippen MR) is 71.4 cm³/mol. The highest BCUT2D eigenvalue weighted by atomic mass is 19.1. The minimum Gasteiger partial charge on any atom is -0.461 e. The molecule has 0 saturated carbocycles. The Labute approximate surface area is 110 Å². The molecule has 0 atom stereocenters. The first kappa shape index (κ1) is 13.1. The molecule has 1 N–H and O–H groups in total. The van der Waals surface area contributed by atoms with Crippen LogP contribution < -0.4 is 5.32 Å². The van der Waals surface area contributed by atoms with Gasteiger partial charge in [-0.05, 0) is 37.3 Å². The van der Waals surface area contributed by atoms with Crippen LogP contribution in [-0.4, -0.2) is 12.5 Å². The van der Waals surface area contributed by atoms with Gasteiger partial charge in [0.2, 0.25) is 0 Å². The molecule has 2 aromatic rings. The largest absolute Gasteiger partial charge is 0.461 e. The van der Waals surface area contributed by atoms with Crippen LogP contribution in [0.5, 0.6) is 0 Å². The minimum atomic E-state index is -0.309. The van der Waals surface area contributed by atoms with Crippen molar-refractivity contribution in [1.82, 2.24) is 5.32 Å². The summed E-state index contributed by atoms with van der Waals surface area (Å²) in [6.45, 7) is 5.65. The van der Waals surface area contributed by atoms with E-state index >= 15 is 0 Å². The lowest BCUT2D eigenvalue weighted by Crippen LogP contribution is -2.23. The second-order valence-corrected chi connectivity index (χ2v) is 4.09. The van der Waals surface area contributed by atoms with Gasteiger partial charge in [0.15, 0.2) is 0 Å².